The number of thioether (sulfide) groups is 2. The third-order valence-corrected chi connectivity index (χ3v) is 8.09. The zero-order valence-electron chi connectivity index (χ0n) is 25.4. The summed E-state index contributed by atoms with van der Waals surface area (Å²) >= 11 is 2.80. The molecule has 3 aromatic rings. The molecule has 0 aliphatic heterocycles. The highest BCUT2D eigenvalue weighted by molar-refractivity contribution is 7.99. The monoisotopic (exact) mass is 696 g/mol. The fraction of sp³-hybridized carbons (Fsp3) is 0.206. The Hall–Kier alpha value is -4.89. The van der Waals surface area contributed by atoms with Crippen LogP contribution in [0.5, 0.6) is 0 Å². The van der Waals surface area contributed by atoms with E-state index in [1.165, 1.54) is 35.7 Å². The first kappa shape index (κ1) is 37.6. The molecule has 0 spiro atoms. The number of hydrogen-bond acceptors (Lipinski definition) is 12. The van der Waals surface area contributed by atoms with Gasteiger partial charge in [0.05, 0.1) is 5.56 Å². The number of hydrogen-bond donors (Lipinski definition) is 2. The lowest BCUT2D eigenvalue weighted by Gasteiger charge is -2.17. The van der Waals surface area contributed by atoms with Crippen LogP contribution in [0.15, 0.2) is 119 Å². The van der Waals surface area contributed by atoms with Crippen LogP contribution in [0.4, 0.5) is 0 Å². The fourth-order valence-corrected chi connectivity index (χ4v) is 5.34. The molecule has 0 aliphatic carbocycles. The average Bonchev–Trinajstić information content (AvgIpc) is 3.09. The minimum atomic E-state index is -1.30. The van der Waals surface area contributed by atoms with Gasteiger partial charge in [-0.3, -0.25) is 0 Å². The van der Waals surface area contributed by atoms with E-state index in [1.807, 2.05) is 60.7 Å². The molecule has 0 radical (unpaired) electrons. The third kappa shape index (κ3) is 15.6. The van der Waals surface area contributed by atoms with Crippen molar-refractivity contribution in [2.75, 3.05) is 24.7 Å². The van der Waals surface area contributed by atoms with Gasteiger partial charge >= 0.3 is 29.8 Å². The number of aliphatic carboxylic acids is 2. The Bertz CT molecular complexity index is 1540. The number of carbonyl (C=O) groups is 5. The largest absolute Gasteiger partial charge is 0.478 e. The molecule has 3 rings (SSSR count). The second kappa shape index (κ2) is 21.1. The van der Waals surface area contributed by atoms with Crippen molar-refractivity contribution < 1.29 is 58.2 Å². The van der Waals surface area contributed by atoms with E-state index in [-0.39, 0.29) is 31.1 Å². The predicted octanol–water partition coefficient (Wildman–Crippen LogP) is 4.98. The van der Waals surface area contributed by atoms with Crippen LogP contribution in [-0.2, 0) is 49.8 Å². The predicted molar refractivity (Wildman–Crippen MR) is 175 cm³/mol. The second-order valence-corrected chi connectivity index (χ2v) is 11.7. The van der Waals surface area contributed by atoms with Gasteiger partial charge in [-0.2, -0.15) is 0 Å². The molecular formula is C34H32O12S2. The van der Waals surface area contributed by atoms with Gasteiger partial charge in [-0.25, -0.2) is 33.7 Å². The fourth-order valence-electron chi connectivity index (χ4n) is 3.55. The SMILES string of the molecule is O=C(O)/C=C\C(=O)OC(COOCc1ccc(C(=O)OCC(CSc2ccccc2)OC(=O)/C=C\C(=O)O)cc1)CSc1ccccc1. The minimum absolute atomic E-state index is 0.000660. The van der Waals surface area contributed by atoms with Gasteiger partial charge in [-0.05, 0) is 42.0 Å². The number of benzene rings is 3. The number of esters is 3. The smallest absolute Gasteiger partial charge is 0.338 e. The van der Waals surface area contributed by atoms with E-state index in [2.05, 4.69) is 0 Å². The summed E-state index contributed by atoms with van der Waals surface area (Å²) < 4.78 is 16.0. The highest BCUT2D eigenvalue weighted by atomic mass is 32.2. The molecule has 2 atom stereocenters. The first-order chi connectivity index (χ1) is 23.2. The summed E-state index contributed by atoms with van der Waals surface area (Å²) in [5.41, 5.74) is 0.880. The minimum Gasteiger partial charge on any atom is -0.478 e. The topological polar surface area (TPSA) is 172 Å². The van der Waals surface area contributed by atoms with E-state index < -0.39 is 42.1 Å². The van der Waals surface area contributed by atoms with Crippen molar-refractivity contribution >= 4 is 53.4 Å². The highest BCUT2D eigenvalue weighted by Crippen LogP contribution is 2.21. The molecule has 0 fully saturated rings. The Balaban J connectivity index is 1.49. The Morgan fingerprint density at radius 2 is 1.08 bits per heavy atom. The van der Waals surface area contributed by atoms with E-state index in [1.54, 1.807) is 12.1 Å². The molecule has 0 saturated heterocycles. The first-order valence-corrected chi connectivity index (χ1v) is 16.2. The number of rotatable bonds is 20. The first-order valence-electron chi connectivity index (χ1n) is 14.3. The zero-order chi connectivity index (χ0) is 34.6. The van der Waals surface area contributed by atoms with Crippen LogP contribution in [0.25, 0.3) is 0 Å². The van der Waals surface area contributed by atoms with Gasteiger partial charge in [0.1, 0.15) is 32.0 Å². The molecule has 0 amide bonds. The molecule has 48 heavy (non-hydrogen) atoms. The van der Waals surface area contributed by atoms with E-state index in [9.17, 15) is 24.0 Å². The van der Waals surface area contributed by atoms with Crippen molar-refractivity contribution in [3.63, 3.8) is 0 Å². The zero-order valence-corrected chi connectivity index (χ0v) is 27.0. The number of carboxylic acid groups (broad SMARTS) is 2. The average molecular weight is 697 g/mol. The highest BCUT2D eigenvalue weighted by Gasteiger charge is 2.19. The molecule has 0 heterocycles. The summed E-state index contributed by atoms with van der Waals surface area (Å²) in [6.45, 7) is -0.388. The normalized spacial score (nSPS) is 12.3. The molecule has 252 valence electrons. The lowest BCUT2D eigenvalue weighted by atomic mass is 10.1. The number of carbonyl (C=O) groups excluding carboxylic acids is 3. The van der Waals surface area contributed by atoms with Crippen LogP contribution in [-0.4, -0.2) is 77.0 Å². The van der Waals surface area contributed by atoms with Crippen molar-refractivity contribution in [3.05, 3.63) is 120 Å². The van der Waals surface area contributed by atoms with Crippen LogP contribution < -0.4 is 0 Å². The molecule has 3 aromatic carbocycles. The van der Waals surface area contributed by atoms with Crippen molar-refractivity contribution in [1.29, 1.82) is 0 Å². The lowest BCUT2D eigenvalue weighted by Crippen LogP contribution is -2.27. The molecule has 0 saturated carbocycles. The third-order valence-electron chi connectivity index (χ3n) is 5.80. The molecule has 12 nitrogen and oxygen atoms in total. The molecule has 0 bridgehead atoms. The van der Waals surface area contributed by atoms with E-state index in [0.717, 1.165) is 21.9 Å². The van der Waals surface area contributed by atoms with Gasteiger partial charge in [0.25, 0.3) is 0 Å². The Kier molecular flexibility index (Phi) is 16.5. The molecule has 2 N–H and O–H groups in total. The summed E-state index contributed by atoms with van der Waals surface area (Å²) in [6.07, 6.45) is 1.34. The molecule has 0 aliphatic rings. The van der Waals surface area contributed by atoms with Crippen LogP contribution in [0.1, 0.15) is 15.9 Å². The van der Waals surface area contributed by atoms with E-state index >= 15 is 0 Å². The molecule has 0 aromatic heterocycles. The summed E-state index contributed by atoms with van der Waals surface area (Å²) in [4.78, 5) is 70.6. The van der Waals surface area contributed by atoms with Crippen molar-refractivity contribution in [1.82, 2.24) is 0 Å². The Labute approximate surface area is 284 Å². The van der Waals surface area contributed by atoms with Crippen LogP contribution in [0.2, 0.25) is 0 Å². The van der Waals surface area contributed by atoms with Gasteiger partial charge < -0.3 is 24.4 Å². The lowest BCUT2D eigenvalue weighted by molar-refractivity contribution is -0.313. The van der Waals surface area contributed by atoms with Crippen LogP contribution in [0.3, 0.4) is 0 Å². The van der Waals surface area contributed by atoms with Crippen LogP contribution in [0, 0.1) is 0 Å². The maximum absolute atomic E-state index is 12.7. The van der Waals surface area contributed by atoms with Gasteiger partial charge in [-0.1, -0.05) is 48.5 Å². The summed E-state index contributed by atoms with van der Waals surface area (Å²) in [7, 11) is 0. The molecular weight excluding hydrogens is 664 g/mol. The summed E-state index contributed by atoms with van der Waals surface area (Å²) in [5, 5.41) is 17.5. The van der Waals surface area contributed by atoms with Crippen LogP contribution >= 0.6 is 23.5 Å². The van der Waals surface area contributed by atoms with E-state index in [4.69, 9.17) is 34.2 Å². The number of ether oxygens (including phenoxy) is 3. The second-order valence-electron chi connectivity index (χ2n) is 9.55. The molecule has 2 unspecified atom stereocenters. The maximum atomic E-state index is 12.7. The summed E-state index contributed by atoms with van der Waals surface area (Å²) in [5.74, 6) is -4.39. The van der Waals surface area contributed by atoms with Crippen molar-refractivity contribution in [2.45, 2.75) is 28.6 Å². The Morgan fingerprint density at radius 3 is 1.56 bits per heavy atom. The van der Waals surface area contributed by atoms with Gasteiger partial charge in [0.2, 0.25) is 0 Å². The Morgan fingerprint density at radius 1 is 0.604 bits per heavy atom. The number of carboxylic acids is 2. The summed E-state index contributed by atoms with van der Waals surface area (Å²) in [6, 6.07) is 25.0. The van der Waals surface area contributed by atoms with Gasteiger partial charge in [0.15, 0.2) is 0 Å². The van der Waals surface area contributed by atoms with Crippen molar-refractivity contribution in [2.24, 2.45) is 0 Å². The van der Waals surface area contributed by atoms with Crippen molar-refractivity contribution in [3.8, 4) is 0 Å². The van der Waals surface area contributed by atoms with Gasteiger partial charge in [-0.15, -0.1) is 23.5 Å². The van der Waals surface area contributed by atoms with E-state index in [0.29, 0.717) is 23.5 Å². The van der Waals surface area contributed by atoms with Gasteiger partial charge in [0, 0.05) is 45.6 Å². The molecule has 14 heteroatoms. The standard InChI is InChI=1S/C34H32O12S2/c35-30(36)15-17-32(39)45-26(22-47-28-7-3-1-4-8-28)20-42-34(41)25-13-11-24(12-14-25)19-43-44-21-27(46-33(40)18-16-31(37)38)23-48-29-9-5-2-6-10-29/h1-18,26-27H,19-23H2,(H,35,36)(H,37,38)/b17-15-,18-16-. The quantitative estimate of drug-likeness (QED) is 0.0308. The maximum Gasteiger partial charge on any atom is 0.338 e.